The van der Waals surface area contributed by atoms with Crippen LogP contribution in [0.25, 0.3) is 0 Å². The molecule has 1 fully saturated rings. The minimum atomic E-state index is -2.92. The van der Waals surface area contributed by atoms with E-state index in [0.29, 0.717) is 5.56 Å². The number of nitrogens with two attached hydrogens (primary N) is 1. The molecule has 0 saturated carbocycles. The highest BCUT2D eigenvalue weighted by molar-refractivity contribution is 7.46. The van der Waals surface area contributed by atoms with E-state index in [9.17, 15) is 24.1 Å². The molecule has 25 heavy (non-hydrogen) atoms. The van der Waals surface area contributed by atoms with Crippen molar-refractivity contribution in [3.8, 4) is 0 Å². The Labute approximate surface area is 142 Å². The van der Waals surface area contributed by atoms with Crippen LogP contribution in [0.1, 0.15) is 11.8 Å². The van der Waals surface area contributed by atoms with Crippen molar-refractivity contribution in [2.24, 2.45) is 0 Å². The molecule has 13 nitrogen and oxygen atoms in total. The van der Waals surface area contributed by atoms with Crippen molar-refractivity contribution in [2.45, 2.75) is 31.5 Å². The molecule has 1 aliphatic heterocycles. The minimum absolute atomic E-state index is 0.1000. The first-order chi connectivity index (χ1) is 11.6. The van der Waals surface area contributed by atoms with Gasteiger partial charge in [-0.05, 0) is 6.92 Å². The zero-order chi connectivity index (χ0) is 19.3. The standard InChI is InChI=1S/C10H15N3O5.O5P2/c1-4-2-13(10(17)12-8(4)11)9-7(16)6(15)5(3-14)18-9;1-6(2)5-7(3)4/h2,5-7,9,14-16H,3H2,1H3,(H2,11,12,17);/p+2/t5-,6-,7-,9-;/m1./s1. The van der Waals surface area contributed by atoms with Crippen LogP contribution in [-0.4, -0.2) is 59.6 Å². The predicted octanol–water partition coefficient (Wildman–Crippen LogP) is -1.95. The van der Waals surface area contributed by atoms with Gasteiger partial charge in [0.25, 0.3) is 0 Å². The molecule has 2 rings (SSSR count). The van der Waals surface area contributed by atoms with Gasteiger partial charge >= 0.3 is 22.2 Å². The lowest BCUT2D eigenvalue weighted by Crippen LogP contribution is -2.36. The second-order valence-electron chi connectivity index (χ2n) is 4.79. The zero-order valence-corrected chi connectivity index (χ0v) is 14.5. The molecule has 7 N–H and O–H groups in total. The normalized spacial score (nSPS) is 26.6. The maximum absolute atomic E-state index is 11.7. The van der Waals surface area contributed by atoms with Gasteiger partial charge in [0.1, 0.15) is 24.1 Å². The smallest absolute Gasteiger partial charge is 0.394 e. The summed E-state index contributed by atoms with van der Waals surface area (Å²) in [6, 6.07) is 0. The number of hydrogen-bond donors (Lipinski definition) is 6. The average molecular weight is 401 g/mol. The van der Waals surface area contributed by atoms with E-state index in [4.69, 9.17) is 25.4 Å². The number of aromatic nitrogens is 2. The molecule has 0 bridgehead atoms. The Hall–Kier alpha value is -1.40. The largest absolute Gasteiger partial charge is 0.745 e. The second-order valence-corrected chi connectivity index (χ2v) is 6.39. The van der Waals surface area contributed by atoms with Crippen LogP contribution in [0.3, 0.4) is 0 Å². The fraction of sp³-hybridized carbons (Fsp3) is 0.600. The molecule has 0 aliphatic carbocycles. The van der Waals surface area contributed by atoms with Crippen LogP contribution in [-0.2, 0) is 18.2 Å². The van der Waals surface area contributed by atoms with Gasteiger partial charge in [-0.15, -0.1) is 9.79 Å². The highest BCUT2D eigenvalue weighted by Gasteiger charge is 2.43. The number of nitrogens with zero attached hydrogens (tertiary/aromatic N) is 2. The van der Waals surface area contributed by atoms with Crippen LogP contribution < -0.4 is 11.4 Å². The van der Waals surface area contributed by atoms with Gasteiger partial charge in [0.2, 0.25) is 0 Å². The molecule has 1 aromatic heterocycles. The van der Waals surface area contributed by atoms with Crippen molar-refractivity contribution in [3.05, 3.63) is 22.2 Å². The summed E-state index contributed by atoms with van der Waals surface area (Å²) in [6.07, 6.45) is -3.20. The van der Waals surface area contributed by atoms with Gasteiger partial charge in [-0.25, -0.2) is 4.79 Å². The average Bonchev–Trinajstić information content (AvgIpc) is 2.78. The fourth-order valence-corrected chi connectivity index (χ4v) is 2.41. The van der Waals surface area contributed by atoms with Crippen molar-refractivity contribution >= 4 is 22.3 Å². The topological polar surface area (TPSA) is 215 Å². The third kappa shape index (κ3) is 5.82. The van der Waals surface area contributed by atoms with Crippen LogP contribution in [0.5, 0.6) is 0 Å². The van der Waals surface area contributed by atoms with Crippen LogP contribution in [0.15, 0.2) is 11.0 Å². The van der Waals surface area contributed by atoms with E-state index in [1.165, 1.54) is 6.20 Å². The minimum Gasteiger partial charge on any atom is -0.394 e. The first kappa shape index (κ1) is 21.6. The number of hydrogen-bond acceptors (Lipinski definition) is 10. The number of aliphatic hydroxyl groups is 3. The number of aliphatic hydroxyl groups excluding tert-OH is 3. The summed E-state index contributed by atoms with van der Waals surface area (Å²) in [6.45, 7) is 1.20. The highest BCUT2D eigenvalue weighted by atomic mass is 31.2. The van der Waals surface area contributed by atoms with Crippen LogP contribution in [0.4, 0.5) is 5.82 Å². The number of rotatable bonds is 4. The molecule has 140 valence electrons. The summed E-state index contributed by atoms with van der Waals surface area (Å²) in [7, 11) is -5.85. The van der Waals surface area contributed by atoms with Gasteiger partial charge in [-0.3, -0.25) is 4.57 Å². The lowest BCUT2D eigenvalue weighted by atomic mass is 10.1. The molecule has 6 atom stereocenters. The highest BCUT2D eigenvalue weighted by Crippen LogP contribution is 2.30. The van der Waals surface area contributed by atoms with Gasteiger partial charge in [0.15, 0.2) is 10.5 Å². The summed E-state index contributed by atoms with van der Waals surface area (Å²) in [5.74, 6) is 0.1000. The number of aryl methyl sites for hydroxylation is 1. The lowest BCUT2D eigenvalue weighted by molar-refractivity contribution is -0.0550. The molecular weight excluding hydrogens is 384 g/mol. The zero-order valence-electron chi connectivity index (χ0n) is 12.7. The Kier molecular flexibility index (Phi) is 8.09. The van der Waals surface area contributed by atoms with E-state index in [1.807, 2.05) is 0 Å². The lowest BCUT2D eigenvalue weighted by Gasteiger charge is -2.17. The quantitative estimate of drug-likeness (QED) is 0.304. The first-order valence-corrected chi connectivity index (χ1v) is 8.82. The van der Waals surface area contributed by atoms with E-state index in [2.05, 4.69) is 9.29 Å². The molecule has 15 heteroatoms. The third-order valence-corrected chi connectivity index (χ3v) is 4.22. The van der Waals surface area contributed by atoms with Gasteiger partial charge in [0, 0.05) is 20.9 Å². The van der Waals surface area contributed by atoms with Crippen molar-refractivity contribution < 1.29 is 43.3 Å². The Morgan fingerprint density at radius 3 is 2.28 bits per heavy atom. The van der Waals surface area contributed by atoms with Crippen molar-refractivity contribution in [1.82, 2.24) is 9.55 Å². The molecule has 2 heterocycles. The first-order valence-electron chi connectivity index (χ1n) is 6.56. The second kappa shape index (κ2) is 9.34. The predicted molar refractivity (Wildman–Crippen MR) is 81.4 cm³/mol. The summed E-state index contributed by atoms with van der Waals surface area (Å²) < 4.78 is 28.4. The number of anilines is 1. The van der Waals surface area contributed by atoms with E-state index in [0.717, 1.165) is 4.57 Å². The van der Waals surface area contributed by atoms with Crippen LogP contribution in [0.2, 0.25) is 0 Å². The van der Waals surface area contributed by atoms with Crippen molar-refractivity contribution in [3.63, 3.8) is 0 Å². The van der Waals surface area contributed by atoms with Crippen LogP contribution in [0, 0.1) is 6.92 Å². The molecule has 0 spiro atoms. The van der Waals surface area contributed by atoms with E-state index < -0.39 is 53.3 Å². The van der Waals surface area contributed by atoms with Gasteiger partial charge in [-0.2, -0.15) is 4.98 Å². The Morgan fingerprint density at radius 2 is 1.88 bits per heavy atom. The Morgan fingerprint density at radius 1 is 1.32 bits per heavy atom. The maximum Gasteiger partial charge on any atom is 0.745 e. The monoisotopic (exact) mass is 401 g/mol. The SMILES string of the molecule is Cc1cn([C@@H]2O[C@H](CO)[C@@H](O)[C@H]2O)c(=O)nc1N.O=[P+](O)O[P+](=O)O. The molecule has 0 radical (unpaired) electrons. The summed E-state index contributed by atoms with van der Waals surface area (Å²) >= 11 is 0. The molecule has 0 aromatic carbocycles. The van der Waals surface area contributed by atoms with E-state index in [-0.39, 0.29) is 5.82 Å². The summed E-state index contributed by atoms with van der Waals surface area (Å²) in [4.78, 5) is 30.6. The molecule has 0 amide bonds. The molecule has 1 aromatic rings. The van der Waals surface area contributed by atoms with Crippen molar-refractivity contribution in [1.29, 1.82) is 0 Å². The van der Waals surface area contributed by atoms with Crippen LogP contribution >= 0.6 is 16.5 Å². The Balaban J connectivity index is 0.000000381. The summed E-state index contributed by atoms with van der Waals surface area (Å²) in [5.41, 5.74) is 5.35. The maximum atomic E-state index is 11.7. The number of nitrogen functional groups attached to an aromatic ring is 1. The third-order valence-electron chi connectivity index (χ3n) is 3.10. The molecule has 1 saturated heterocycles. The molecular formula is C10H17N3O10P2+2. The van der Waals surface area contributed by atoms with E-state index in [1.54, 1.807) is 6.92 Å². The molecule has 1 aliphatic rings. The summed E-state index contributed by atoms with van der Waals surface area (Å²) in [5, 5.41) is 28.4. The van der Waals surface area contributed by atoms with E-state index >= 15 is 0 Å². The van der Waals surface area contributed by atoms with Gasteiger partial charge in [-0.1, -0.05) is 0 Å². The van der Waals surface area contributed by atoms with Crippen molar-refractivity contribution in [2.75, 3.05) is 12.3 Å². The van der Waals surface area contributed by atoms with Gasteiger partial charge in [0.05, 0.1) is 6.61 Å². The molecule has 2 unspecified atom stereocenters. The Bertz CT molecular complexity index is 686. The number of ether oxygens (including phenoxy) is 1. The fourth-order valence-electron chi connectivity index (χ4n) is 1.93. The van der Waals surface area contributed by atoms with Gasteiger partial charge < -0.3 is 25.8 Å².